The Balaban J connectivity index is 1.74. The highest BCUT2D eigenvalue weighted by Gasteiger charge is 2.26. The number of carbonyl (C=O) groups is 1. The van der Waals surface area contributed by atoms with Crippen LogP contribution in [0.2, 0.25) is 5.02 Å². The van der Waals surface area contributed by atoms with Gasteiger partial charge in [0.2, 0.25) is 5.91 Å². The number of carbonyl (C=O) groups excluding carboxylic acids is 1. The van der Waals surface area contributed by atoms with Crippen LogP contribution in [0.4, 0.5) is 15.8 Å². The zero-order chi connectivity index (χ0) is 14.1. The Morgan fingerprint density at radius 2 is 2.10 bits per heavy atom. The fraction of sp³-hybridized carbons (Fsp3) is 0.133. The van der Waals surface area contributed by atoms with Crippen LogP contribution in [-0.4, -0.2) is 11.9 Å². The first-order valence-corrected chi connectivity index (χ1v) is 6.61. The Morgan fingerprint density at radius 3 is 2.90 bits per heavy atom. The van der Waals surface area contributed by atoms with Crippen molar-refractivity contribution in [2.24, 2.45) is 0 Å². The van der Waals surface area contributed by atoms with E-state index in [0.29, 0.717) is 11.4 Å². The van der Waals surface area contributed by atoms with Gasteiger partial charge in [-0.25, -0.2) is 4.39 Å². The van der Waals surface area contributed by atoms with Crippen molar-refractivity contribution in [2.45, 2.75) is 12.5 Å². The summed E-state index contributed by atoms with van der Waals surface area (Å²) in [4.78, 5) is 12.2. The number of fused-ring (bicyclic) bond motifs is 1. The molecule has 0 unspecified atom stereocenters. The first-order valence-electron chi connectivity index (χ1n) is 6.24. The van der Waals surface area contributed by atoms with Gasteiger partial charge in [0.25, 0.3) is 0 Å². The maximum atomic E-state index is 13.2. The molecule has 1 aliphatic heterocycles. The van der Waals surface area contributed by atoms with E-state index >= 15 is 0 Å². The van der Waals surface area contributed by atoms with Crippen molar-refractivity contribution in [3.05, 3.63) is 58.9 Å². The van der Waals surface area contributed by atoms with Crippen molar-refractivity contribution in [1.82, 2.24) is 0 Å². The molecule has 0 radical (unpaired) electrons. The van der Waals surface area contributed by atoms with Gasteiger partial charge in [-0.3, -0.25) is 4.79 Å². The summed E-state index contributed by atoms with van der Waals surface area (Å²) in [5.41, 5.74) is 2.34. The fourth-order valence-electron chi connectivity index (χ4n) is 2.27. The summed E-state index contributed by atoms with van der Waals surface area (Å²) in [5, 5.41) is 6.11. The number of para-hydroxylation sites is 1. The van der Waals surface area contributed by atoms with E-state index in [1.807, 2.05) is 24.3 Å². The van der Waals surface area contributed by atoms with Crippen LogP contribution in [0.25, 0.3) is 0 Å². The van der Waals surface area contributed by atoms with Gasteiger partial charge in [-0.05, 0) is 29.8 Å². The van der Waals surface area contributed by atoms with E-state index < -0.39 is 5.82 Å². The lowest BCUT2D eigenvalue weighted by Crippen LogP contribution is -2.32. The fourth-order valence-corrected chi connectivity index (χ4v) is 2.43. The summed E-state index contributed by atoms with van der Waals surface area (Å²) in [6.07, 6.45) is 0.606. The Labute approximate surface area is 120 Å². The van der Waals surface area contributed by atoms with Crippen molar-refractivity contribution in [2.75, 3.05) is 10.6 Å². The maximum absolute atomic E-state index is 13.2. The zero-order valence-electron chi connectivity index (χ0n) is 10.5. The topological polar surface area (TPSA) is 41.1 Å². The van der Waals surface area contributed by atoms with Crippen LogP contribution in [0.15, 0.2) is 42.5 Å². The molecule has 3 rings (SSSR count). The average Bonchev–Trinajstić information content (AvgIpc) is 2.87. The lowest BCUT2D eigenvalue weighted by atomic mass is 10.1. The quantitative estimate of drug-likeness (QED) is 0.889. The molecule has 0 saturated heterocycles. The lowest BCUT2D eigenvalue weighted by molar-refractivity contribution is -0.116. The second kappa shape index (κ2) is 5.13. The van der Waals surface area contributed by atoms with E-state index in [9.17, 15) is 9.18 Å². The SMILES string of the molecule is O=C(Nc1cc(F)ccc1Cl)[C@@H]1Cc2ccccc2N1. The third-order valence-corrected chi connectivity index (χ3v) is 3.60. The minimum atomic E-state index is -0.438. The molecule has 1 heterocycles. The maximum Gasteiger partial charge on any atom is 0.247 e. The molecule has 0 fully saturated rings. The number of rotatable bonds is 2. The van der Waals surface area contributed by atoms with E-state index in [4.69, 9.17) is 11.6 Å². The van der Waals surface area contributed by atoms with Gasteiger partial charge in [0, 0.05) is 12.1 Å². The molecule has 0 spiro atoms. The van der Waals surface area contributed by atoms with Gasteiger partial charge in [-0.2, -0.15) is 0 Å². The van der Waals surface area contributed by atoms with Crippen LogP contribution in [0, 0.1) is 5.82 Å². The van der Waals surface area contributed by atoms with Crippen LogP contribution >= 0.6 is 11.6 Å². The molecule has 2 aromatic carbocycles. The Bertz CT molecular complexity index is 650. The Kier molecular flexibility index (Phi) is 3.32. The average molecular weight is 291 g/mol. The zero-order valence-corrected chi connectivity index (χ0v) is 11.2. The van der Waals surface area contributed by atoms with Gasteiger partial charge in [-0.15, -0.1) is 0 Å². The number of amides is 1. The van der Waals surface area contributed by atoms with Crippen molar-refractivity contribution in [3.63, 3.8) is 0 Å². The van der Waals surface area contributed by atoms with Gasteiger partial charge < -0.3 is 10.6 Å². The van der Waals surface area contributed by atoms with Crippen LogP contribution < -0.4 is 10.6 Å². The summed E-state index contributed by atoms with van der Waals surface area (Å²) >= 11 is 5.93. The van der Waals surface area contributed by atoms with Gasteiger partial charge in [0.15, 0.2) is 0 Å². The predicted molar refractivity (Wildman–Crippen MR) is 77.6 cm³/mol. The van der Waals surface area contributed by atoms with Crippen molar-refractivity contribution < 1.29 is 9.18 Å². The number of hydrogen-bond acceptors (Lipinski definition) is 2. The number of halogens is 2. The molecular formula is C15H12ClFN2O. The molecule has 1 aliphatic rings. The minimum Gasteiger partial charge on any atom is -0.373 e. The normalized spacial score (nSPS) is 16.4. The molecule has 0 aromatic heterocycles. The Morgan fingerprint density at radius 1 is 1.30 bits per heavy atom. The molecule has 20 heavy (non-hydrogen) atoms. The molecule has 0 saturated carbocycles. The van der Waals surface area contributed by atoms with Gasteiger partial charge in [-0.1, -0.05) is 29.8 Å². The summed E-state index contributed by atoms with van der Waals surface area (Å²) in [6, 6.07) is 11.3. The summed E-state index contributed by atoms with van der Waals surface area (Å²) in [6.45, 7) is 0. The van der Waals surface area contributed by atoms with Crippen molar-refractivity contribution >= 4 is 28.9 Å². The molecule has 1 amide bonds. The van der Waals surface area contributed by atoms with Crippen LogP contribution in [-0.2, 0) is 11.2 Å². The first kappa shape index (κ1) is 12.9. The predicted octanol–water partition coefficient (Wildman–Crippen LogP) is 3.45. The molecule has 0 bridgehead atoms. The van der Waals surface area contributed by atoms with Gasteiger partial charge >= 0.3 is 0 Å². The number of nitrogens with one attached hydrogen (secondary N) is 2. The van der Waals surface area contributed by atoms with E-state index in [1.165, 1.54) is 18.2 Å². The largest absolute Gasteiger partial charge is 0.373 e. The van der Waals surface area contributed by atoms with E-state index in [0.717, 1.165) is 11.3 Å². The van der Waals surface area contributed by atoms with Crippen molar-refractivity contribution in [3.8, 4) is 0 Å². The highest BCUT2D eigenvalue weighted by molar-refractivity contribution is 6.33. The molecule has 3 nitrogen and oxygen atoms in total. The molecule has 0 aliphatic carbocycles. The van der Waals surface area contributed by atoms with Crippen molar-refractivity contribution in [1.29, 1.82) is 0 Å². The summed E-state index contributed by atoms with van der Waals surface area (Å²) < 4.78 is 13.2. The lowest BCUT2D eigenvalue weighted by Gasteiger charge is -2.13. The van der Waals surface area contributed by atoms with E-state index in [-0.39, 0.29) is 17.6 Å². The Hall–Kier alpha value is -2.07. The third kappa shape index (κ3) is 2.47. The molecule has 2 N–H and O–H groups in total. The molecule has 102 valence electrons. The second-order valence-corrected chi connectivity index (χ2v) is 5.08. The van der Waals surface area contributed by atoms with Crippen LogP contribution in [0.5, 0.6) is 0 Å². The molecular weight excluding hydrogens is 279 g/mol. The van der Waals surface area contributed by atoms with Gasteiger partial charge in [0.05, 0.1) is 10.7 Å². The van der Waals surface area contributed by atoms with E-state index in [1.54, 1.807) is 0 Å². The summed E-state index contributed by atoms with van der Waals surface area (Å²) in [5.74, 6) is -0.666. The standard InChI is InChI=1S/C15H12ClFN2O/c16-11-6-5-10(17)8-13(11)19-15(20)14-7-9-3-1-2-4-12(9)18-14/h1-6,8,14,18H,7H2,(H,19,20)/t14-/m0/s1. The monoisotopic (exact) mass is 290 g/mol. The van der Waals surface area contributed by atoms with Crippen LogP contribution in [0.3, 0.4) is 0 Å². The van der Waals surface area contributed by atoms with Gasteiger partial charge in [0.1, 0.15) is 11.9 Å². The molecule has 5 heteroatoms. The highest BCUT2D eigenvalue weighted by Crippen LogP contribution is 2.27. The summed E-state index contributed by atoms with van der Waals surface area (Å²) in [7, 11) is 0. The molecule has 2 aromatic rings. The number of anilines is 2. The third-order valence-electron chi connectivity index (χ3n) is 3.27. The second-order valence-electron chi connectivity index (χ2n) is 4.67. The van der Waals surface area contributed by atoms with Crippen LogP contribution in [0.1, 0.15) is 5.56 Å². The minimum absolute atomic E-state index is 0.228. The first-order chi connectivity index (χ1) is 9.63. The molecule has 1 atom stereocenters. The highest BCUT2D eigenvalue weighted by atomic mass is 35.5. The van der Waals surface area contributed by atoms with E-state index in [2.05, 4.69) is 10.6 Å². The smallest absolute Gasteiger partial charge is 0.247 e. The number of benzene rings is 2. The number of hydrogen-bond donors (Lipinski definition) is 2.